The van der Waals surface area contributed by atoms with Crippen LogP contribution in [0.1, 0.15) is 33.1 Å². The summed E-state index contributed by atoms with van der Waals surface area (Å²) in [6.45, 7) is 5.67. The Bertz CT molecular complexity index is 1530. The number of nitrogens with two attached hydrogens (primary N) is 1. The van der Waals surface area contributed by atoms with Gasteiger partial charge in [0.15, 0.2) is 10.9 Å². The zero-order chi connectivity index (χ0) is 26.0. The number of rotatable bonds is 7. The zero-order valence-electron chi connectivity index (χ0n) is 19.6. The number of aryl methyl sites for hydroxylation is 3. The van der Waals surface area contributed by atoms with Crippen LogP contribution in [0.3, 0.4) is 0 Å². The average molecular weight is 544 g/mol. The molecular weight excluding hydrogens is 522 g/mol. The zero-order valence-corrected chi connectivity index (χ0v) is 21.9. The molecule has 0 bridgehead atoms. The minimum atomic E-state index is -3.84. The number of halogens is 1. The fourth-order valence-corrected chi connectivity index (χ4v) is 4.97. The molecule has 13 heteroatoms. The molecule has 2 aromatic carbocycles. The van der Waals surface area contributed by atoms with Crippen LogP contribution in [-0.2, 0) is 15.8 Å². The molecule has 10 nitrogen and oxygen atoms in total. The van der Waals surface area contributed by atoms with Crippen LogP contribution in [0.2, 0.25) is 5.02 Å². The number of sulfonamides is 1. The number of hydrogen-bond donors (Lipinski definition) is 2. The number of nitrogens with zero attached hydrogens (tertiary/aromatic N) is 5. The van der Waals surface area contributed by atoms with E-state index in [1.54, 1.807) is 10.7 Å². The Hall–Kier alpha value is -3.32. The highest BCUT2D eigenvalue weighted by Gasteiger charge is 2.22. The summed E-state index contributed by atoms with van der Waals surface area (Å²) in [7, 11) is -3.84. The van der Waals surface area contributed by atoms with Crippen molar-refractivity contribution in [2.75, 3.05) is 5.32 Å². The lowest BCUT2D eigenvalue weighted by molar-refractivity contribution is 0.102. The summed E-state index contributed by atoms with van der Waals surface area (Å²) in [5, 5.41) is 17.3. The lowest BCUT2D eigenvalue weighted by Gasteiger charge is -2.10. The summed E-state index contributed by atoms with van der Waals surface area (Å²) in [6, 6.07) is 12.8. The molecule has 0 atom stereocenters. The van der Waals surface area contributed by atoms with Crippen LogP contribution in [0.15, 0.2) is 58.6 Å². The summed E-state index contributed by atoms with van der Waals surface area (Å²) >= 11 is 7.68. The molecule has 0 unspecified atom stereocenters. The van der Waals surface area contributed by atoms with Crippen molar-refractivity contribution in [3.63, 3.8) is 0 Å². The first kappa shape index (κ1) is 25.8. The van der Waals surface area contributed by atoms with E-state index in [4.69, 9.17) is 16.7 Å². The van der Waals surface area contributed by atoms with Crippen LogP contribution in [0.25, 0.3) is 5.69 Å². The third kappa shape index (κ3) is 5.90. The van der Waals surface area contributed by atoms with E-state index in [1.165, 1.54) is 36.0 Å². The summed E-state index contributed by atoms with van der Waals surface area (Å²) in [6.07, 6.45) is 0. The van der Waals surface area contributed by atoms with E-state index in [-0.39, 0.29) is 10.6 Å². The Labute approximate surface area is 217 Å². The van der Waals surface area contributed by atoms with Crippen LogP contribution in [0.4, 0.5) is 5.69 Å². The molecule has 3 N–H and O–H groups in total. The SMILES string of the molecule is Cc1cc(C)nc(SCc2c(C(=O)Nc3ccc(S(N)(=O)=O)cc3)nnn2-c2ccc(C)c(Cl)c2)n1. The molecule has 186 valence electrons. The minimum absolute atomic E-state index is 0.0618. The normalized spacial score (nSPS) is 11.5. The first-order valence-corrected chi connectivity index (χ1v) is 13.5. The second kappa shape index (κ2) is 10.3. The van der Waals surface area contributed by atoms with Crippen molar-refractivity contribution in [1.29, 1.82) is 0 Å². The molecule has 36 heavy (non-hydrogen) atoms. The lowest BCUT2D eigenvalue weighted by Crippen LogP contribution is -2.16. The number of aromatic nitrogens is 5. The van der Waals surface area contributed by atoms with E-state index < -0.39 is 15.9 Å². The number of hydrogen-bond acceptors (Lipinski definition) is 8. The number of anilines is 1. The molecule has 2 heterocycles. The van der Waals surface area contributed by atoms with Crippen LogP contribution < -0.4 is 10.5 Å². The monoisotopic (exact) mass is 543 g/mol. The fourth-order valence-electron chi connectivity index (χ4n) is 3.34. The van der Waals surface area contributed by atoms with Gasteiger partial charge in [-0.3, -0.25) is 4.79 Å². The number of benzene rings is 2. The fraction of sp³-hybridized carbons (Fsp3) is 0.174. The highest BCUT2D eigenvalue weighted by Crippen LogP contribution is 2.26. The van der Waals surface area contributed by atoms with Gasteiger partial charge in [-0.15, -0.1) is 5.10 Å². The van der Waals surface area contributed by atoms with Gasteiger partial charge in [0, 0.05) is 27.9 Å². The molecule has 0 aliphatic rings. The highest BCUT2D eigenvalue weighted by atomic mass is 35.5. The standard InChI is InChI=1S/C23H22ClN7O3S2/c1-13-4-7-17(11-19(13)24)31-20(12-35-23-26-14(2)10-15(3)27-23)21(29-30-31)22(32)28-16-5-8-18(9-6-16)36(25,33)34/h4-11H,12H2,1-3H3,(H,28,32)(H2,25,33,34). The quantitative estimate of drug-likeness (QED) is 0.264. The van der Waals surface area contributed by atoms with Gasteiger partial charge in [-0.25, -0.2) is 28.2 Å². The van der Waals surface area contributed by atoms with Crippen LogP contribution in [-0.4, -0.2) is 39.3 Å². The number of thioether (sulfide) groups is 1. The highest BCUT2D eigenvalue weighted by molar-refractivity contribution is 7.98. The maximum absolute atomic E-state index is 13.2. The van der Waals surface area contributed by atoms with Crippen molar-refractivity contribution in [2.24, 2.45) is 5.14 Å². The largest absolute Gasteiger partial charge is 0.321 e. The van der Waals surface area contributed by atoms with Gasteiger partial charge >= 0.3 is 0 Å². The van der Waals surface area contributed by atoms with Gasteiger partial charge in [0.2, 0.25) is 10.0 Å². The predicted octanol–water partition coefficient (Wildman–Crippen LogP) is 3.83. The van der Waals surface area contributed by atoms with E-state index in [0.29, 0.717) is 33.0 Å². The Balaban J connectivity index is 1.67. The molecule has 0 radical (unpaired) electrons. The van der Waals surface area contributed by atoms with E-state index >= 15 is 0 Å². The summed E-state index contributed by atoms with van der Waals surface area (Å²) < 4.78 is 24.5. The van der Waals surface area contributed by atoms with Crippen molar-refractivity contribution >= 4 is 45.0 Å². The van der Waals surface area contributed by atoms with E-state index in [1.807, 2.05) is 39.0 Å². The molecule has 0 saturated carbocycles. The summed E-state index contributed by atoms with van der Waals surface area (Å²) in [5.74, 6) is -0.214. The molecule has 0 spiro atoms. The third-order valence-electron chi connectivity index (χ3n) is 5.12. The maximum atomic E-state index is 13.2. The topological polar surface area (TPSA) is 146 Å². The predicted molar refractivity (Wildman–Crippen MR) is 138 cm³/mol. The van der Waals surface area contributed by atoms with Gasteiger partial charge in [-0.1, -0.05) is 34.6 Å². The van der Waals surface area contributed by atoms with Gasteiger partial charge in [-0.05, 0) is 68.8 Å². The molecule has 4 aromatic rings. The van der Waals surface area contributed by atoms with Crippen molar-refractivity contribution in [3.8, 4) is 5.69 Å². The van der Waals surface area contributed by atoms with E-state index in [9.17, 15) is 13.2 Å². The van der Waals surface area contributed by atoms with Gasteiger partial charge < -0.3 is 5.32 Å². The minimum Gasteiger partial charge on any atom is -0.321 e. The Morgan fingerprint density at radius 2 is 1.72 bits per heavy atom. The number of carbonyl (C=O) groups is 1. The van der Waals surface area contributed by atoms with Crippen molar-refractivity contribution < 1.29 is 13.2 Å². The van der Waals surface area contributed by atoms with E-state index in [2.05, 4.69) is 25.6 Å². The molecule has 2 aromatic heterocycles. The first-order valence-electron chi connectivity index (χ1n) is 10.6. The summed E-state index contributed by atoms with van der Waals surface area (Å²) in [4.78, 5) is 22.0. The maximum Gasteiger partial charge on any atom is 0.278 e. The number of nitrogens with one attached hydrogen (secondary N) is 1. The van der Waals surface area contributed by atoms with Crippen LogP contribution in [0.5, 0.6) is 0 Å². The number of primary sulfonamides is 1. The van der Waals surface area contributed by atoms with Gasteiger partial charge in [0.1, 0.15) is 0 Å². The second-order valence-electron chi connectivity index (χ2n) is 7.98. The van der Waals surface area contributed by atoms with Crippen LogP contribution >= 0.6 is 23.4 Å². The van der Waals surface area contributed by atoms with Gasteiger partial charge in [0.25, 0.3) is 5.91 Å². The number of carbonyl (C=O) groups excluding carboxylic acids is 1. The third-order valence-corrected chi connectivity index (χ3v) is 7.31. The number of amides is 1. The first-order chi connectivity index (χ1) is 17.0. The molecule has 1 amide bonds. The molecule has 0 saturated heterocycles. The Morgan fingerprint density at radius 1 is 1.06 bits per heavy atom. The van der Waals surface area contributed by atoms with Crippen molar-refractivity contribution in [3.05, 3.63) is 81.9 Å². The van der Waals surface area contributed by atoms with Gasteiger partial charge in [0.05, 0.1) is 16.3 Å². The Morgan fingerprint density at radius 3 is 2.33 bits per heavy atom. The molecule has 4 rings (SSSR count). The summed E-state index contributed by atoms with van der Waals surface area (Å²) in [5.41, 5.74) is 4.20. The average Bonchev–Trinajstić information content (AvgIpc) is 3.23. The smallest absolute Gasteiger partial charge is 0.278 e. The van der Waals surface area contributed by atoms with Crippen LogP contribution in [0, 0.1) is 20.8 Å². The molecular formula is C23H22ClN7O3S2. The van der Waals surface area contributed by atoms with Crippen molar-refractivity contribution in [1.82, 2.24) is 25.0 Å². The van der Waals surface area contributed by atoms with E-state index in [0.717, 1.165) is 17.0 Å². The Kier molecular flexibility index (Phi) is 7.41. The van der Waals surface area contributed by atoms with Crippen molar-refractivity contribution in [2.45, 2.75) is 36.6 Å². The molecule has 0 fully saturated rings. The molecule has 0 aliphatic heterocycles. The van der Waals surface area contributed by atoms with Gasteiger partial charge in [-0.2, -0.15) is 0 Å². The lowest BCUT2D eigenvalue weighted by atomic mass is 10.2. The molecule has 0 aliphatic carbocycles. The second-order valence-corrected chi connectivity index (χ2v) is 10.9.